The summed E-state index contributed by atoms with van der Waals surface area (Å²) in [5, 5.41) is 13.5. The number of hydrogen-bond donors (Lipinski definition) is 2. The van der Waals surface area contributed by atoms with Crippen molar-refractivity contribution in [2.24, 2.45) is 0 Å². The van der Waals surface area contributed by atoms with Crippen LogP contribution in [0.4, 0.5) is 0 Å². The summed E-state index contributed by atoms with van der Waals surface area (Å²) in [6, 6.07) is 10.1. The minimum atomic E-state index is -0.350. The summed E-state index contributed by atoms with van der Waals surface area (Å²) < 4.78 is 0. The maximum atomic E-state index is 10.1. The van der Waals surface area contributed by atoms with Gasteiger partial charge in [0.2, 0.25) is 0 Å². The molecule has 0 spiro atoms. The van der Waals surface area contributed by atoms with Gasteiger partial charge >= 0.3 is 0 Å². The largest absolute Gasteiger partial charge is 0.387 e. The van der Waals surface area contributed by atoms with Crippen LogP contribution in [0.2, 0.25) is 0 Å². The molecule has 0 amide bonds. The van der Waals surface area contributed by atoms with Gasteiger partial charge in [0.15, 0.2) is 0 Å². The van der Waals surface area contributed by atoms with Gasteiger partial charge in [0.25, 0.3) is 0 Å². The first kappa shape index (κ1) is 13.2. The topological polar surface area (TPSA) is 32.3 Å². The Bertz CT molecular complexity index is 267. The van der Waals surface area contributed by atoms with E-state index in [4.69, 9.17) is 0 Å². The Balaban J connectivity index is 0.000000606. The van der Waals surface area contributed by atoms with E-state index in [0.717, 1.165) is 18.5 Å². The number of hydrogen-bond acceptors (Lipinski definition) is 2. The summed E-state index contributed by atoms with van der Waals surface area (Å²) in [5.74, 6) is 0. The minimum Gasteiger partial charge on any atom is -0.387 e. The molecule has 1 heterocycles. The van der Waals surface area contributed by atoms with Crippen molar-refractivity contribution in [2.45, 2.75) is 45.3 Å². The molecule has 1 aromatic rings. The van der Waals surface area contributed by atoms with E-state index in [-0.39, 0.29) is 12.1 Å². The predicted octanol–water partition coefficient (Wildman–Crippen LogP) is 2.89. The average Bonchev–Trinajstić information content (AvgIpc) is 2.42. The van der Waals surface area contributed by atoms with Crippen LogP contribution in [-0.4, -0.2) is 17.7 Å². The van der Waals surface area contributed by atoms with E-state index >= 15 is 0 Å². The minimum absolute atomic E-state index is 0.242. The lowest BCUT2D eigenvalue weighted by atomic mass is 9.95. The zero-order valence-corrected chi connectivity index (χ0v) is 10.3. The molecule has 2 nitrogen and oxygen atoms in total. The van der Waals surface area contributed by atoms with Crippen LogP contribution >= 0.6 is 0 Å². The summed E-state index contributed by atoms with van der Waals surface area (Å²) in [7, 11) is 0. The van der Waals surface area contributed by atoms with Gasteiger partial charge in [-0.25, -0.2) is 0 Å². The summed E-state index contributed by atoms with van der Waals surface area (Å²) in [6.45, 7) is 5.04. The van der Waals surface area contributed by atoms with Crippen LogP contribution in [0, 0.1) is 0 Å². The Labute approximate surface area is 98.7 Å². The molecule has 0 bridgehead atoms. The lowest BCUT2D eigenvalue weighted by molar-refractivity contribution is 0.114. The molecule has 2 heteroatoms. The normalized spacial score (nSPS) is 21.8. The SMILES string of the molecule is CC.OC(c1ccccc1)C1CCCCN1. The molecule has 1 aromatic carbocycles. The van der Waals surface area contributed by atoms with E-state index in [9.17, 15) is 5.11 Å². The van der Waals surface area contributed by atoms with E-state index < -0.39 is 0 Å². The second-order valence-corrected chi connectivity index (χ2v) is 3.91. The first-order chi connectivity index (χ1) is 7.88. The lowest BCUT2D eigenvalue weighted by Gasteiger charge is -2.28. The van der Waals surface area contributed by atoms with Gasteiger partial charge in [-0.1, -0.05) is 50.6 Å². The molecule has 1 saturated heterocycles. The van der Waals surface area contributed by atoms with Crippen LogP contribution in [0.3, 0.4) is 0 Å². The van der Waals surface area contributed by atoms with E-state index in [2.05, 4.69) is 5.32 Å². The molecule has 1 aliphatic rings. The molecule has 90 valence electrons. The second-order valence-electron chi connectivity index (χ2n) is 3.91. The molecule has 1 fully saturated rings. The molecular formula is C14H23NO. The maximum Gasteiger partial charge on any atom is 0.0942 e. The van der Waals surface area contributed by atoms with Crippen molar-refractivity contribution in [1.82, 2.24) is 5.32 Å². The number of piperidine rings is 1. The molecule has 0 aliphatic carbocycles. The third-order valence-electron chi connectivity index (χ3n) is 2.87. The molecule has 16 heavy (non-hydrogen) atoms. The van der Waals surface area contributed by atoms with Crippen LogP contribution in [-0.2, 0) is 0 Å². The Kier molecular flexibility index (Phi) is 6.12. The van der Waals surface area contributed by atoms with Crippen molar-refractivity contribution < 1.29 is 5.11 Å². The smallest absolute Gasteiger partial charge is 0.0942 e. The van der Waals surface area contributed by atoms with Crippen molar-refractivity contribution in [3.63, 3.8) is 0 Å². The fourth-order valence-electron chi connectivity index (χ4n) is 2.03. The van der Waals surface area contributed by atoms with Crippen molar-refractivity contribution in [2.75, 3.05) is 6.54 Å². The van der Waals surface area contributed by atoms with E-state index in [0.29, 0.717) is 0 Å². The van der Waals surface area contributed by atoms with Gasteiger partial charge in [-0.05, 0) is 24.9 Å². The fraction of sp³-hybridized carbons (Fsp3) is 0.571. The molecular weight excluding hydrogens is 198 g/mol. The molecule has 0 aromatic heterocycles. The molecule has 1 aliphatic heterocycles. The summed E-state index contributed by atoms with van der Waals surface area (Å²) >= 11 is 0. The zero-order valence-electron chi connectivity index (χ0n) is 10.3. The Morgan fingerprint density at radius 3 is 2.44 bits per heavy atom. The number of aliphatic hydroxyl groups excluding tert-OH is 1. The Morgan fingerprint density at radius 2 is 1.88 bits per heavy atom. The molecule has 2 N–H and O–H groups in total. The Morgan fingerprint density at radius 1 is 1.19 bits per heavy atom. The first-order valence-electron chi connectivity index (χ1n) is 6.34. The van der Waals surface area contributed by atoms with Gasteiger partial charge < -0.3 is 10.4 Å². The standard InChI is InChI=1S/C12H17NO.C2H6/c14-12(10-6-2-1-3-7-10)11-8-4-5-9-13-11;1-2/h1-3,6-7,11-14H,4-5,8-9H2;1-2H3. The van der Waals surface area contributed by atoms with Gasteiger partial charge in [-0.2, -0.15) is 0 Å². The number of nitrogens with one attached hydrogen (secondary N) is 1. The van der Waals surface area contributed by atoms with Gasteiger partial charge in [-0.15, -0.1) is 0 Å². The molecule has 2 atom stereocenters. The lowest BCUT2D eigenvalue weighted by Crippen LogP contribution is -2.38. The van der Waals surface area contributed by atoms with Crippen molar-refractivity contribution >= 4 is 0 Å². The monoisotopic (exact) mass is 221 g/mol. The van der Waals surface area contributed by atoms with Crippen LogP contribution in [0.5, 0.6) is 0 Å². The highest BCUT2D eigenvalue weighted by atomic mass is 16.3. The predicted molar refractivity (Wildman–Crippen MR) is 68.4 cm³/mol. The number of benzene rings is 1. The molecule has 0 radical (unpaired) electrons. The highest BCUT2D eigenvalue weighted by molar-refractivity contribution is 5.18. The van der Waals surface area contributed by atoms with E-state index in [1.165, 1.54) is 12.8 Å². The number of aliphatic hydroxyl groups is 1. The highest BCUT2D eigenvalue weighted by Gasteiger charge is 2.21. The summed E-state index contributed by atoms with van der Waals surface area (Å²) in [4.78, 5) is 0. The first-order valence-corrected chi connectivity index (χ1v) is 6.34. The van der Waals surface area contributed by atoms with Crippen LogP contribution in [0.15, 0.2) is 30.3 Å². The molecule has 0 saturated carbocycles. The third kappa shape index (κ3) is 3.62. The van der Waals surface area contributed by atoms with Crippen LogP contribution in [0.25, 0.3) is 0 Å². The second kappa shape index (κ2) is 7.42. The van der Waals surface area contributed by atoms with Gasteiger partial charge in [0, 0.05) is 6.04 Å². The summed E-state index contributed by atoms with van der Waals surface area (Å²) in [6.07, 6.45) is 3.19. The summed E-state index contributed by atoms with van der Waals surface area (Å²) in [5.41, 5.74) is 1.02. The van der Waals surface area contributed by atoms with Crippen LogP contribution in [0.1, 0.15) is 44.8 Å². The maximum absolute atomic E-state index is 10.1. The van der Waals surface area contributed by atoms with E-state index in [1.54, 1.807) is 0 Å². The van der Waals surface area contributed by atoms with Crippen LogP contribution < -0.4 is 5.32 Å². The van der Waals surface area contributed by atoms with Gasteiger partial charge in [0.05, 0.1) is 6.10 Å². The highest BCUT2D eigenvalue weighted by Crippen LogP contribution is 2.22. The third-order valence-corrected chi connectivity index (χ3v) is 2.87. The fourth-order valence-corrected chi connectivity index (χ4v) is 2.03. The quantitative estimate of drug-likeness (QED) is 0.805. The molecule has 2 unspecified atom stereocenters. The van der Waals surface area contributed by atoms with Crippen molar-refractivity contribution in [1.29, 1.82) is 0 Å². The van der Waals surface area contributed by atoms with Crippen molar-refractivity contribution in [3.8, 4) is 0 Å². The van der Waals surface area contributed by atoms with Crippen molar-refractivity contribution in [3.05, 3.63) is 35.9 Å². The average molecular weight is 221 g/mol. The van der Waals surface area contributed by atoms with Gasteiger partial charge in [0.1, 0.15) is 0 Å². The molecule has 2 rings (SSSR count). The zero-order chi connectivity index (χ0) is 11.8. The van der Waals surface area contributed by atoms with E-state index in [1.807, 2.05) is 44.2 Å². The van der Waals surface area contributed by atoms with Gasteiger partial charge in [-0.3, -0.25) is 0 Å². The Hall–Kier alpha value is -0.860. The number of rotatable bonds is 2.